The third-order valence-corrected chi connectivity index (χ3v) is 2.26. The zero-order chi connectivity index (χ0) is 13.7. The van der Waals surface area contributed by atoms with E-state index in [4.69, 9.17) is 10.8 Å². The van der Waals surface area contributed by atoms with Crippen molar-refractivity contribution >= 4 is 17.6 Å². The molecule has 100 valence electrons. The molecule has 0 aliphatic rings. The highest BCUT2D eigenvalue weighted by Gasteiger charge is 2.15. The molecule has 18 heavy (non-hydrogen) atoms. The Labute approximate surface area is 105 Å². The molecule has 0 aromatic carbocycles. The van der Waals surface area contributed by atoms with Gasteiger partial charge in [-0.25, -0.2) is 0 Å². The van der Waals surface area contributed by atoms with Gasteiger partial charge in [0.1, 0.15) is 6.54 Å². The van der Waals surface area contributed by atoms with Gasteiger partial charge in [-0.2, -0.15) is 5.10 Å². The zero-order valence-corrected chi connectivity index (χ0v) is 10.5. The third kappa shape index (κ3) is 4.54. The number of nitrogens with zero attached hydrogens (tertiary/aromatic N) is 2. The van der Waals surface area contributed by atoms with Gasteiger partial charge in [-0.15, -0.1) is 0 Å². The molecule has 1 amide bonds. The number of nitrogens with one attached hydrogen (secondary N) is 1. The average molecular weight is 254 g/mol. The number of carbonyl (C=O) groups excluding carboxylic acids is 1. The van der Waals surface area contributed by atoms with Gasteiger partial charge in [0.15, 0.2) is 0 Å². The van der Waals surface area contributed by atoms with Crippen molar-refractivity contribution in [3.63, 3.8) is 0 Å². The summed E-state index contributed by atoms with van der Waals surface area (Å²) in [5.74, 6) is -0.952. The predicted octanol–water partition coefficient (Wildman–Crippen LogP) is 0.280. The molecular weight excluding hydrogens is 236 g/mol. The molecule has 1 rings (SSSR count). The quantitative estimate of drug-likeness (QED) is 0.675. The first kappa shape index (κ1) is 14.2. The number of nitrogens with two attached hydrogens (primary N) is 1. The topological polar surface area (TPSA) is 110 Å². The molecule has 0 saturated carbocycles. The lowest BCUT2D eigenvalue weighted by molar-refractivity contribution is -0.137. The first-order valence-electron chi connectivity index (χ1n) is 5.69. The van der Waals surface area contributed by atoms with Crippen LogP contribution in [0.1, 0.15) is 20.3 Å². The maximum absolute atomic E-state index is 11.7. The number of aromatic nitrogens is 2. The fraction of sp³-hybridized carbons (Fsp3) is 0.545. The smallest absolute Gasteiger partial charge is 0.325 e. The fourth-order valence-corrected chi connectivity index (χ4v) is 1.50. The van der Waals surface area contributed by atoms with Gasteiger partial charge in [0.2, 0.25) is 5.91 Å². The lowest BCUT2D eigenvalue weighted by Gasteiger charge is -2.12. The predicted molar refractivity (Wildman–Crippen MR) is 65.9 cm³/mol. The molecule has 1 aromatic rings. The van der Waals surface area contributed by atoms with Crippen LogP contribution in [0.5, 0.6) is 0 Å². The van der Waals surface area contributed by atoms with Gasteiger partial charge in [0.05, 0.1) is 17.9 Å². The molecule has 0 aliphatic heterocycles. The number of carboxylic acid groups (broad SMARTS) is 1. The van der Waals surface area contributed by atoms with Crippen LogP contribution >= 0.6 is 0 Å². The minimum Gasteiger partial charge on any atom is -0.480 e. The maximum atomic E-state index is 11.7. The summed E-state index contributed by atoms with van der Waals surface area (Å²) in [5, 5.41) is 15.0. The molecule has 0 saturated heterocycles. The van der Waals surface area contributed by atoms with Crippen molar-refractivity contribution in [1.29, 1.82) is 0 Å². The molecule has 0 unspecified atom stereocenters. The van der Waals surface area contributed by atoms with E-state index < -0.39 is 12.0 Å². The van der Waals surface area contributed by atoms with Crippen LogP contribution in [0.25, 0.3) is 0 Å². The van der Waals surface area contributed by atoms with Gasteiger partial charge in [0, 0.05) is 6.20 Å². The van der Waals surface area contributed by atoms with Crippen molar-refractivity contribution in [2.45, 2.75) is 32.9 Å². The van der Waals surface area contributed by atoms with Crippen LogP contribution in [0, 0.1) is 5.92 Å². The molecule has 0 fully saturated rings. The second kappa shape index (κ2) is 6.15. The lowest BCUT2D eigenvalue weighted by Crippen LogP contribution is -2.36. The monoisotopic (exact) mass is 254 g/mol. The van der Waals surface area contributed by atoms with E-state index in [-0.39, 0.29) is 12.5 Å². The Morgan fingerprint density at radius 3 is 2.78 bits per heavy atom. The lowest BCUT2D eigenvalue weighted by atomic mass is 10.0. The number of hydrogen-bond donors (Lipinski definition) is 3. The number of anilines is 1. The highest BCUT2D eigenvalue weighted by atomic mass is 16.4. The first-order chi connectivity index (χ1) is 8.38. The van der Waals surface area contributed by atoms with Crippen LogP contribution in [0.15, 0.2) is 12.4 Å². The first-order valence-corrected chi connectivity index (χ1v) is 5.69. The Hall–Kier alpha value is -1.89. The Bertz CT molecular complexity index is 428. The van der Waals surface area contributed by atoms with Crippen molar-refractivity contribution in [3.05, 3.63) is 12.4 Å². The highest BCUT2D eigenvalue weighted by molar-refractivity contribution is 5.94. The molecule has 0 bridgehead atoms. The molecule has 0 aliphatic carbocycles. The van der Waals surface area contributed by atoms with Crippen molar-refractivity contribution in [2.24, 2.45) is 11.7 Å². The second-order valence-corrected chi connectivity index (χ2v) is 4.55. The third-order valence-electron chi connectivity index (χ3n) is 2.26. The Morgan fingerprint density at radius 1 is 1.56 bits per heavy atom. The van der Waals surface area contributed by atoms with Crippen molar-refractivity contribution in [2.75, 3.05) is 5.32 Å². The number of hydrogen-bond acceptors (Lipinski definition) is 4. The largest absolute Gasteiger partial charge is 0.480 e. The molecule has 4 N–H and O–H groups in total. The summed E-state index contributed by atoms with van der Waals surface area (Å²) in [7, 11) is 0. The van der Waals surface area contributed by atoms with Gasteiger partial charge in [-0.3, -0.25) is 14.3 Å². The summed E-state index contributed by atoms with van der Waals surface area (Å²) in [5.41, 5.74) is 6.17. The van der Waals surface area contributed by atoms with E-state index in [1.165, 1.54) is 17.1 Å². The van der Waals surface area contributed by atoms with E-state index in [0.717, 1.165) is 0 Å². The van der Waals surface area contributed by atoms with Crippen molar-refractivity contribution in [3.8, 4) is 0 Å². The minimum atomic E-state index is -0.993. The van der Waals surface area contributed by atoms with Gasteiger partial charge >= 0.3 is 5.97 Å². The normalized spacial score (nSPS) is 12.4. The molecular formula is C11H18N4O3. The van der Waals surface area contributed by atoms with E-state index in [9.17, 15) is 9.59 Å². The van der Waals surface area contributed by atoms with E-state index in [1.807, 2.05) is 13.8 Å². The summed E-state index contributed by atoms with van der Waals surface area (Å²) in [6.07, 6.45) is 3.44. The summed E-state index contributed by atoms with van der Waals surface area (Å²) < 4.78 is 1.23. The molecule has 0 spiro atoms. The molecule has 7 nitrogen and oxygen atoms in total. The summed E-state index contributed by atoms with van der Waals surface area (Å²) >= 11 is 0. The van der Waals surface area contributed by atoms with Crippen LogP contribution in [0.4, 0.5) is 5.69 Å². The fourth-order valence-electron chi connectivity index (χ4n) is 1.50. The Morgan fingerprint density at radius 2 is 2.22 bits per heavy atom. The van der Waals surface area contributed by atoms with E-state index >= 15 is 0 Å². The number of aliphatic carboxylic acids is 1. The standard InChI is InChI=1S/C11H18N4O3/c1-7(2)3-9(12)11(18)14-8-4-13-15(5-8)6-10(16)17/h4-5,7,9H,3,6,12H2,1-2H3,(H,14,18)(H,16,17)/t9-/m0/s1. The minimum absolute atomic E-state index is 0.242. The SMILES string of the molecule is CC(C)C[C@H](N)C(=O)Nc1cnn(CC(=O)O)c1. The molecule has 1 heterocycles. The molecule has 0 radical (unpaired) electrons. The van der Waals surface area contributed by atoms with Crippen LogP contribution in [-0.2, 0) is 16.1 Å². The van der Waals surface area contributed by atoms with Gasteiger partial charge in [0.25, 0.3) is 0 Å². The van der Waals surface area contributed by atoms with Crippen LogP contribution in [0.3, 0.4) is 0 Å². The molecule has 1 atom stereocenters. The van der Waals surface area contributed by atoms with E-state index in [2.05, 4.69) is 10.4 Å². The number of rotatable bonds is 6. The zero-order valence-electron chi connectivity index (χ0n) is 10.5. The second-order valence-electron chi connectivity index (χ2n) is 4.55. The van der Waals surface area contributed by atoms with E-state index in [1.54, 1.807) is 0 Å². The number of amides is 1. The average Bonchev–Trinajstić information content (AvgIpc) is 2.63. The summed E-state index contributed by atoms with van der Waals surface area (Å²) in [4.78, 5) is 22.2. The Balaban J connectivity index is 2.54. The van der Waals surface area contributed by atoms with Crippen LogP contribution < -0.4 is 11.1 Å². The summed E-state index contributed by atoms with van der Waals surface area (Å²) in [6.45, 7) is 3.73. The number of carbonyl (C=O) groups is 2. The number of carboxylic acids is 1. The van der Waals surface area contributed by atoms with Gasteiger partial charge < -0.3 is 16.2 Å². The van der Waals surface area contributed by atoms with Crippen LogP contribution in [-0.4, -0.2) is 32.8 Å². The van der Waals surface area contributed by atoms with Crippen LogP contribution in [0.2, 0.25) is 0 Å². The Kier molecular flexibility index (Phi) is 4.85. The van der Waals surface area contributed by atoms with Gasteiger partial charge in [-0.1, -0.05) is 13.8 Å². The van der Waals surface area contributed by atoms with Crippen molar-refractivity contribution in [1.82, 2.24) is 9.78 Å². The van der Waals surface area contributed by atoms with Gasteiger partial charge in [-0.05, 0) is 12.3 Å². The highest BCUT2D eigenvalue weighted by Crippen LogP contribution is 2.08. The molecule has 1 aromatic heterocycles. The molecule has 7 heteroatoms. The summed E-state index contributed by atoms with van der Waals surface area (Å²) in [6, 6.07) is -0.576. The van der Waals surface area contributed by atoms with Crippen molar-refractivity contribution < 1.29 is 14.7 Å². The maximum Gasteiger partial charge on any atom is 0.325 e. The van der Waals surface area contributed by atoms with E-state index in [0.29, 0.717) is 18.0 Å².